The molecule has 0 bridgehead atoms. The number of nitrogens with one attached hydrogen (secondary N) is 1. The summed E-state index contributed by atoms with van der Waals surface area (Å²) in [6.07, 6.45) is 8.47. The minimum Gasteiger partial charge on any atom is -0.368 e. The van der Waals surface area contributed by atoms with Crippen LogP contribution >= 0.6 is 12.4 Å². The van der Waals surface area contributed by atoms with Crippen molar-refractivity contribution in [2.75, 3.05) is 6.54 Å². The van der Waals surface area contributed by atoms with Crippen molar-refractivity contribution < 1.29 is 14.4 Å². The molecule has 1 aliphatic rings. The topological polar surface area (TPSA) is 131 Å². The molecule has 2 aromatic carbocycles. The first-order chi connectivity index (χ1) is 17.4. The Kier molecular flexibility index (Phi) is 9.54. The first-order valence-corrected chi connectivity index (χ1v) is 11.8. The molecule has 5 N–H and O–H groups in total. The van der Waals surface area contributed by atoms with Gasteiger partial charge < -0.3 is 21.7 Å². The number of halogens is 1. The van der Waals surface area contributed by atoms with E-state index in [9.17, 15) is 14.4 Å². The number of pyridine rings is 1. The minimum atomic E-state index is -1.03. The molecule has 8 nitrogen and oxygen atoms in total. The van der Waals surface area contributed by atoms with Gasteiger partial charge in [0.05, 0.1) is 6.04 Å². The Morgan fingerprint density at radius 2 is 1.81 bits per heavy atom. The van der Waals surface area contributed by atoms with Crippen LogP contribution in [0.25, 0.3) is 0 Å². The van der Waals surface area contributed by atoms with E-state index in [4.69, 9.17) is 11.5 Å². The first kappa shape index (κ1) is 27.6. The van der Waals surface area contributed by atoms with Crippen molar-refractivity contribution >= 4 is 30.1 Å². The van der Waals surface area contributed by atoms with Crippen LogP contribution in [-0.2, 0) is 16.0 Å². The van der Waals surface area contributed by atoms with Gasteiger partial charge in [-0.05, 0) is 41.3 Å². The molecule has 4 rings (SSSR count). The average Bonchev–Trinajstić information content (AvgIpc) is 2.93. The second kappa shape index (κ2) is 12.8. The molecule has 3 atom stereocenters. The molecular weight excluding hydrogens is 490 g/mol. The highest BCUT2D eigenvalue weighted by Crippen LogP contribution is 2.28. The standard InChI is InChI=1S/C28H29N5O3.ClH/c29-25(26(30)34)20-10-6-11-21(17-20)27(35)32-23(16-19-8-2-1-3-9-19)28(36)33-15-5-4-13-24(33)22-12-7-14-31-18-22;/h1-12,14,17-18,23-25H,13,15-16,29H2,(H2,30,34)(H,32,35);1H/t23-,24?,25?;/m0./s1. The third-order valence-corrected chi connectivity index (χ3v) is 6.26. The summed E-state index contributed by atoms with van der Waals surface area (Å²) in [6, 6.07) is 17.7. The lowest BCUT2D eigenvalue weighted by molar-refractivity contribution is -0.135. The summed E-state index contributed by atoms with van der Waals surface area (Å²) >= 11 is 0. The lowest BCUT2D eigenvalue weighted by atomic mass is 9.97. The highest BCUT2D eigenvalue weighted by molar-refractivity contribution is 5.98. The van der Waals surface area contributed by atoms with Crippen LogP contribution in [0.5, 0.6) is 0 Å². The fraction of sp³-hybridized carbons (Fsp3) is 0.214. The summed E-state index contributed by atoms with van der Waals surface area (Å²) in [5, 5.41) is 2.92. The Hall–Kier alpha value is -4.01. The number of benzene rings is 2. The smallest absolute Gasteiger partial charge is 0.251 e. The molecule has 0 fully saturated rings. The van der Waals surface area contributed by atoms with E-state index in [0.717, 1.165) is 11.1 Å². The zero-order valence-corrected chi connectivity index (χ0v) is 21.0. The number of nitrogens with zero attached hydrogens (tertiary/aromatic N) is 2. The highest BCUT2D eigenvalue weighted by atomic mass is 35.5. The Bertz CT molecular complexity index is 1250. The Labute approximate surface area is 222 Å². The molecule has 2 heterocycles. The molecule has 0 aliphatic carbocycles. The van der Waals surface area contributed by atoms with Crippen LogP contribution in [0, 0.1) is 0 Å². The van der Waals surface area contributed by atoms with E-state index in [2.05, 4.69) is 16.4 Å². The third kappa shape index (κ3) is 6.81. The van der Waals surface area contributed by atoms with Gasteiger partial charge in [-0.2, -0.15) is 0 Å². The van der Waals surface area contributed by atoms with Crippen LogP contribution in [-0.4, -0.2) is 40.2 Å². The Morgan fingerprint density at radius 1 is 1.03 bits per heavy atom. The molecule has 2 unspecified atom stereocenters. The highest BCUT2D eigenvalue weighted by Gasteiger charge is 2.32. The monoisotopic (exact) mass is 519 g/mol. The molecule has 3 aromatic rings. The van der Waals surface area contributed by atoms with Gasteiger partial charge in [0, 0.05) is 30.9 Å². The summed E-state index contributed by atoms with van der Waals surface area (Å²) < 4.78 is 0. The van der Waals surface area contributed by atoms with Gasteiger partial charge in [0.1, 0.15) is 12.1 Å². The molecule has 0 saturated heterocycles. The SMILES string of the molecule is Cl.NC(=O)C(N)c1cccc(C(=O)N[C@@H](Cc2ccccc2)C(=O)N2CC=CCC2c2cccnc2)c1. The Morgan fingerprint density at radius 3 is 2.51 bits per heavy atom. The molecule has 1 aromatic heterocycles. The van der Waals surface area contributed by atoms with Crippen molar-refractivity contribution in [3.63, 3.8) is 0 Å². The van der Waals surface area contributed by atoms with E-state index in [-0.39, 0.29) is 29.9 Å². The van der Waals surface area contributed by atoms with Gasteiger partial charge in [0.25, 0.3) is 5.91 Å². The van der Waals surface area contributed by atoms with E-state index in [1.165, 1.54) is 6.07 Å². The number of carbonyl (C=O) groups is 3. The normalized spacial score (nSPS) is 16.2. The van der Waals surface area contributed by atoms with Crippen molar-refractivity contribution in [2.45, 2.75) is 31.0 Å². The van der Waals surface area contributed by atoms with Crippen LogP contribution in [0.3, 0.4) is 0 Å². The number of hydrogen-bond acceptors (Lipinski definition) is 5. The number of nitrogens with two attached hydrogens (primary N) is 2. The van der Waals surface area contributed by atoms with Crippen LogP contribution in [0.2, 0.25) is 0 Å². The van der Waals surface area contributed by atoms with Crippen LogP contribution < -0.4 is 16.8 Å². The molecule has 0 saturated carbocycles. The molecular formula is C28H30ClN5O3. The number of amides is 3. The number of primary amides is 1. The molecule has 3 amide bonds. The van der Waals surface area contributed by atoms with E-state index in [1.807, 2.05) is 48.5 Å². The fourth-order valence-electron chi connectivity index (χ4n) is 4.33. The molecule has 0 spiro atoms. The van der Waals surface area contributed by atoms with Gasteiger partial charge in [0.15, 0.2) is 0 Å². The van der Waals surface area contributed by atoms with E-state index in [0.29, 0.717) is 24.9 Å². The van der Waals surface area contributed by atoms with Crippen LogP contribution in [0.4, 0.5) is 0 Å². The molecule has 9 heteroatoms. The summed E-state index contributed by atoms with van der Waals surface area (Å²) in [4.78, 5) is 44.7. The van der Waals surface area contributed by atoms with Crippen LogP contribution in [0.1, 0.15) is 45.6 Å². The van der Waals surface area contributed by atoms with E-state index >= 15 is 0 Å². The van der Waals surface area contributed by atoms with Crippen molar-refractivity contribution in [2.24, 2.45) is 11.5 Å². The number of aromatic nitrogens is 1. The fourth-order valence-corrected chi connectivity index (χ4v) is 4.33. The minimum absolute atomic E-state index is 0. The second-order valence-electron chi connectivity index (χ2n) is 8.72. The predicted octanol–water partition coefficient (Wildman–Crippen LogP) is 2.86. The van der Waals surface area contributed by atoms with Gasteiger partial charge in [-0.25, -0.2) is 0 Å². The van der Waals surface area contributed by atoms with Gasteiger partial charge in [-0.15, -0.1) is 12.4 Å². The predicted molar refractivity (Wildman–Crippen MR) is 144 cm³/mol. The maximum absolute atomic E-state index is 13.9. The number of hydrogen-bond donors (Lipinski definition) is 3. The van der Waals surface area contributed by atoms with Gasteiger partial charge in [-0.3, -0.25) is 19.4 Å². The Balaban J connectivity index is 0.00000380. The summed E-state index contributed by atoms with van der Waals surface area (Å²) in [7, 11) is 0. The van der Waals surface area contributed by atoms with Crippen molar-refractivity contribution in [3.8, 4) is 0 Å². The number of carbonyl (C=O) groups excluding carboxylic acids is 3. The number of rotatable bonds is 8. The summed E-state index contributed by atoms with van der Waals surface area (Å²) in [5.41, 5.74) is 13.7. The molecule has 192 valence electrons. The molecule has 0 radical (unpaired) electrons. The van der Waals surface area contributed by atoms with Crippen LogP contribution in [0.15, 0.2) is 91.3 Å². The largest absolute Gasteiger partial charge is 0.368 e. The van der Waals surface area contributed by atoms with Gasteiger partial charge in [-0.1, -0.05) is 60.7 Å². The molecule has 37 heavy (non-hydrogen) atoms. The quantitative estimate of drug-likeness (QED) is 0.394. The first-order valence-electron chi connectivity index (χ1n) is 11.8. The molecule has 1 aliphatic heterocycles. The summed E-state index contributed by atoms with van der Waals surface area (Å²) in [6.45, 7) is 0.433. The average molecular weight is 520 g/mol. The van der Waals surface area contributed by atoms with Gasteiger partial charge >= 0.3 is 0 Å². The third-order valence-electron chi connectivity index (χ3n) is 6.26. The lowest BCUT2D eigenvalue weighted by Gasteiger charge is -2.36. The van der Waals surface area contributed by atoms with E-state index < -0.39 is 23.9 Å². The summed E-state index contributed by atoms with van der Waals surface area (Å²) in [5.74, 6) is -1.31. The van der Waals surface area contributed by atoms with Crippen molar-refractivity contribution in [1.29, 1.82) is 0 Å². The van der Waals surface area contributed by atoms with Crippen molar-refractivity contribution in [3.05, 3.63) is 114 Å². The second-order valence-corrected chi connectivity index (χ2v) is 8.72. The van der Waals surface area contributed by atoms with Crippen molar-refractivity contribution in [1.82, 2.24) is 15.2 Å². The maximum Gasteiger partial charge on any atom is 0.251 e. The zero-order valence-electron chi connectivity index (χ0n) is 20.2. The van der Waals surface area contributed by atoms with Gasteiger partial charge in [0.2, 0.25) is 11.8 Å². The zero-order chi connectivity index (χ0) is 25.5. The maximum atomic E-state index is 13.9. The van der Waals surface area contributed by atoms with E-state index in [1.54, 1.807) is 35.5 Å². The lowest BCUT2D eigenvalue weighted by Crippen LogP contribution is -2.51.